The maximum absolute atomic E-state index is 12.9. The van der Waals surface area contributed by atoms with Gasteiger partial charge in [-0.25, -0.2) is 4.98 Å². The van der Waals surface area contributed by atoms with E-state index >= 15 is 0 Å². The van der Waals surface area contributed by atoms with Crippen LogP contribution in [-0.4, -0.2) is 58.8 Å². The molecule has 0 bridgehead atoms. The molecule has 146 valence electrons. The lowest BCUT2D eigenvalue weighted by Gasteiger charge is -2.33. The molecule has 1 aromatic carbocycles. The van der Waals surface area contributed by atoms with E-state index in [-0.39, 0.29) is 11.9 Å². The van der Waals surface area contributed by atoms with Crippen molar-refractivity contribution in [2.75, 3.05) is 32.8 Å². The summed E-state index contributed by atoms with van der Waals surface area (Å²) >= 11 is 0. The zero-order valence-electron chi connectivity index (χ0n) is 15.7. The van der Waals surface area contributed by atoms with E-state index in [1.54, 1.807) is 6.07 Å². The molecule has 1 aliphatic heterocycles. The number of nitrogens with one attached hydrogen (secondary N) is 2. The van der Waals surface area contributed by atoms with Crippen molar-refractivity contribution in [3.05, 3.63) is 59.8 Å². The van der Waals surface area contributed by atoms with Crippen molar-refractivity contribution in [2.45, 2.75) is 13.0 Å². The van der Waals surface area contributed by atoms with Crippen LogP contribution < -0.4 is 5.32 Å². The molecule has 8 nitrogen and oxygen atoms in total. The number of aryl methyl sites for hydroxylation is 1. The number of hydrogen-bond acceptors (Lipinski definition) is 6. The first-order valence-electron chi connectivity index (χ1n) is 9.33. The van der Waals surface area contributed by atoms with Crippen molar-refractivity contribution < 1.29 is 13.9 Å². The van der Waals surface area contributed by atoms with Crippen LogP contribution in [-0.2, 0) is 4.74 Å². The number of aromatic nitrogens is 3. The number of furan rings is 1. The summed E-state index contributed by atoms with van der Waals surface area (Å²) < 4.78 is 11.3. The Bertz CT molecular complexity index is 916. The highest BCUT2D eigenvalue weighted by Gasteiger charge is 2.26. The highest BCUT2D eigenvalue weighted by atomic mass is 16.5. The zero-order chi connectivity index (χ0) is 19.3. The lowest BCUT2D eigenvalue weighted by molar-refractivity contribution is 0.0117. The van der Waals surface area contributed by atoms with Crippen molar-refractivity contribution in [3.8, 4) is 11.4 Å². The highest BCUT2D eigenvalue weighted by Crippen LogP contribution is 2.24. The summed E-state index contributed by atoms with van der Waals surface area (Å²) in [6.45, 7) is 5.32. The predicted molar refractivity (Wildman–Crippen MR) is 103 cm³/mol. The Labute approximate surface area is 162 Å². The molecule has 1 fully saturated rings. The summed E-state index contributed by atoms with van der Waals surface area (Å²) in [5.74, 6) is 2.11. The quantitative estimate of drug-likeness (QED) is 0.679. The molecule has 0 saturated carbocycles. The summed E-state index contributed by atoms with van der Waals surface area (Å²) in [6.07, 6.45) is 1.43. The summed E-state index contributed by atoms with van der Waals surface area (Å²) in [4.78, 5) is 19.4. The summed E-state index contributed by atoms with van der Waals surface area (Å²) in [5.41, 5.74) is 1.27. The van der Waals surface area contributed by atoms with Crippen LogP contribution in [0.15, 0.2) is 47.1 Å². The molecule has 8 heteroatoms. The van der Waals surface area contributed by atoms with E-state index in [1.807, 2.05) is 37.3 Å². The van der Waals surface area contributed by atoms with Crippen LogP contribution in [0.3, 0.4) is 0 Å². The number of carbonyl (C=O) groups is 1. The second kappa shape index (κ2) is 8.37. The summed E-state index contributed by atoms with van der Waals surface area (Å²) in [7, 11) is 0. The fourth-order valence-corrected chi connectivity index (χ4v) is 3.44. The van der Waals surface area contributed by atoms with Crippen LogP contribution in [0.25, 0.3) is 11.4 Å². The van der Waals surface area contributed by atoms with Crippen LogP contribution in [0.4, 0.5) is 0 Å². The summed E-state index contributed by atoms with van der Waals surface area (Å²) in [5, 5.41) is 9.76. The maximum Gasteiger partial charge on any atom is 0.252 e. The van der Waals surface area contributed by atoms with Crippen LogP contribution >= 0.6 is 0 Å². The molecular weight excluding hydrogens is 358 g/mol. The Morgan fingerprint density at radius 2 is 2.07 bits per heavy atom. The Kier molecular flexibility index (Phi) is 5.50. The van der Waals surface area contributed by atoms with Crippen molar-refractivity contribution in [3.63, 3.8) is 0 Å². The number of rotatable bonds is 6. The highest BCUT2D eigenvalue weighted by molar-refractivity contribution is 6.00. The molecule has 1 aliphatic rings. The molecule has 1 amide bonds. The number of morpholine rings is 1. The normalized spacial score (nSPS) is 16.0. The molecule has 2 aromatic heterocycles. The molecule has 0 aliphatic carbocycles. The van der Waals surface area contributed by atoms with Crippen LogP contribution in [0.5, 0.6) is 0 Å². The fourth-order valence-electron chi connectivity index (χ4n) is 3.44. The van der Waals surface area contributed by atoms with E-state index in [0.717, 1.165) is 24.6 Å². The Hall–Kier alpha value is -2.97. The average molecular weight is 381 g/mol. The van der Waals surface area contributed by atoms with E-state index in [4.69, 9.17) is 9.15 Å². The number of H-pyrrole nitrogens is 1. The van der Waals surface area contributed by atoms with E-state index in [9.17, 15) is 4.79 Å². The molecule has 1 saturated heterocycles. The van der Waals surface area contributed by atoms with Gasteiger partial charge in [-0.05, 0) is 25.1 Å². The van der Waals surface area contributed by atoms with Gasteiger partial charge in [-0.2, -0.15) is 5.10 Å². The van der Waals surface area contributed by atoms with Crippen LogP contribution in [0, 0.1) is 6.92 Å². The molecule has 0 spiro atoms. The number of nitrogens with zero attached hydrogens (tertiary/aromatic N) is 3. The average Bonchev–Trinajstić information content (AvgIpc) is 3.41. The minimum Gasteiger partial charge on any atom is -0.465 e. The molecule has 3 aromatic rings. The van der Waals surface area contributed by atoms with Gasteiger partial charge in [0.05, 0.1) is 24.8 Å². The lowest BCUT2D eigenvalue weighted by atomic mass is 10.1. The van der Waals surface area contributed by atoms with Crippen LogP contribution in [0.2, 0.25) is 0 Å². The standard InChI is InChI=1S/C20H23N5O3/c1-14-6-7-18(28-14)17(25-8-10-27-11-9-25)12-21-20(26)16-5-3-2-4-15(16)19-22-13-23-24-19/h2-7,13,17H,8-12H2,1H3,(H,21,26)(H,22,23,24). The SMILES string of the molecule is Cc1ccc(C(CNC(=O)c2ccccc2-c2ncn[nH]2)N2CCOCC2)o1. The third kappa shape index (κ3) is 3.97. The smallest absolute Gasteiger partial charge is 0.252 e. The molecule has 4 rings (SSSR count). The number of amides is 1. The molecular formula is C20H23N5O3. The molecule has 3 heterocycles. The molecule has 28 heavy (non-hydrogen) atoms. The Morgan fingerprint density at radius 1 is 1.25 bits per heavy atom. The lowest BCUT2D eigenvalue weighted by Crippen LogP contribution is -2.43. The van der Waals surface area contributed by atoms with Gasteiger partial charge in [0, 0.05) is 25.2 Å². The summed E-state index contributed by atoms with van der Waals surface area (Å²) in [6, 6.07) is 11.2. The minimum absolute atomic E-state index is 0.0426. The van der Waals surface area contributed by atoms with Gasteiger partial charge in [-0.15, -0.1) is 0 Å². The first-order chi connectivity index (χ1) is 13.7. The van der Waals surface area contributed by atoms with Crippen molar-refractivity contribution in [1.82, 2.24) is 25.4 Å². The third-order valence-corrected chi connectivity index (χ3v) is 4.87. The number of aromatic amines is 1. The molecule has 2 N–H and O–H groups in total. The number of ether oxygens (including phenoxy) is 1. The Balaban J connectivity index is 1.52. The third-order valence-electron chi connectivity index (χ3n) is 4.87. The van der Waals surface area contributed by atoms with Gasteiger partial charge in [-0.1, -0.05) is 18.2 Å². The zero-order valence-corrected chi connectivity index (χ0v) is 15.7. The first kappa shape index (κ1) is 18.4. The molecule has 1 atom stereocenters. The maximum atomic E-state index is 12.9. The Morgan fingerprint density at radius 3 is 2.79 bits per heavy atom. The fraction of sp³-hybridized carbons (Fsp3) is 0.350. The van der Waals surface area contributed by atoms with Gasteiger partial charge in [0.1, 0.15) is 17.8 Å². The van der Waals surface area contributed by atoms with Gasteiger partial charge in [0.15, 0.2) is 5.82 Å². The largest absolute Gasteiger partial charge is 0.465 e. The van der Waals surface area contributed by atoms with Crippen molar-refractivity contribution in [2.24, 2.45) is 0 Å². The van der Waals surface area contributed by atoms with E-state index in [1.165, 1.54) is 6.33 Å². The second-order valence-corrected chi connectivity index (χ2v) is 6.70. The van der Waals surface area contributed by atoms with Crippen LogP contribution in [0.1, 0.15) is 27.9 Å². The minimum atomic E-state index is -0.159. The van der Waals surface area contributed by atoms with Gasteiger partial charge in [0.2, 0.25) is 0 Å². The monoisotopic (exact) mass is 381 g/mol. The number of hydrogen-bond donors (Lipinski definition) is 2. The van der Waals surface area contributed by atoms with E-state index in [0.29, 0.717) is 36.7 Å². The second-order valence-electron chi connectivity index (χ2n) is 6.70. The number of carbonyl (C=O) groups excluding carboxylic acids is 1. The van der Waals surface area contributed by atoms with E-state index < -0.39 is 0 Å². The van der Waals surface area contributed by atoms with E-state index in [2.05, 4.69) is 25.4 Å². The van der Waals surface area contributed by atoms with Gasteiger partial charge < -0.3 is 14.5 Å². The molecule has 0 radical (unpaired) electrons. The van der Waals surface area contributed by atoms with Gasteiger partial charge >= 0.3 is 0 Å². The molecule has 1 unspecified atom stereocenters. The van der Waals surface area contributed by atoms with Gasteiger partial charge in [0.25, 0.3) is 5.91 Å². The number of benzene rings is 1. The predicted octanol–water partition coefficient (Wildman–Crippen LogP) is 2.18. The first-order valence-corrected chi connectivity index (χ1v) is 9.33. The van der Waals surface area contributed by atoms with Crippen molar-refractivity contribution in [1.29, 1.82) is 0 Å². The van der Waals surface area contributed by atoms with Crippen molar-refractivity contribution >= 4 is 5.91 Å². The van der Waals surface area contributed by atoms with Gasteiger partial charge in [-0.3, -0.25) is 14.8 Å². The topological polar surface area (TPSA) is 96.3 Å².